The molecule has 0 heterocycles. The van der Waals surface area contributed by atoms with Gasteiger partial charge in [0, 0.05) is 5.56 Å². The van der Waals surface area contributed by atoms with Gasteiger partial charge < -0.3 is 9.84 Å². The van der Waals surface area contributed by atoms with Crippen LogP contribution in [0.4, 0.5) is 0 Å². The Morgan fingerprint density at radius 3 is 2.37 bits per heavy atom. The summed E-state index contributed by atoms with van der Waals surface area (Å²) in [5.74, 6) is -0.716. The lowest BCUT2D eigenvalue weighted by molar-refractivity contribution is -0.139. The minimum atomic E-state index is -1.17. The molecule has 19 heavy (non-hydrogen) atoms. The van der Waals surface area contributed by atoms with Crippen molar-refractivity contribution in [3.8, 4) is 0 Å². The molecule has 0 aliphatic rings. The van der Waals surface area contributed by atoms with Crippen LogP contribution < -0.4 is 0 Å². The number of aliphatic hydroxyl groups is 1. The average molecular weight is 260 g/mol. The summed E-state index contributed by atoms with van der Waals surface area (Å²) in [4.78, 5) is 22.7. The Morgan fingerprint density at radius 1 is 1.37 bits per heavy atom. The third-order valence-electron chi connectivity index (χ3n) is 2.59. The minimum Gasteiger partial charge on any atom is -0.462 e. The Labute approximate surface area is 112 Å². The highest BCUT2D eigenvalue weighted by molar-refractivity contribution is 5.94. The fourth-order valence-corrected chi connectivity index (χ4v) is 1.56. The van der Waals surface area contributed by atoms with Crippen LogP contribution in [0.2, 0.25) is 0 Å². The highest BCUT2D eigenvalue weighted by Gasteiger charge is 2.21. The molecule has 100 valence electrons. The molecule has 0 bridgehead atoms. The summed E-state index contributed by atoms with van der Waals surface area (Å²) < 4.78 is 4.81. The smallest absolute Gasteiger partial charge is 0.344 e. The first kappa shape index (κ1) is 14.9. The summed E-state index contributed by atoms with van der Waals surface area (Å²) >= 11 is 0. The molecule has 0 saturated heterocycles. The molecule has 1 N–H and O–H groups in total. The van der Waals surface area contributed by atoms with Gasteiger partial charge in [0.25, 0.3) is 0 Å². The van der Waals surface area contributed by atoms with E-state index in [2.05, 4.69) is 12.3 Å². The fraction of sp³-hybridized carbons (Fsp3) is 0.267. The van der Waals surface area contributed by atoms with E-state index in [1.807, 2.05) is 0 Å². The first-order valence-electron chi connectivity index (χ1n) is 5.87. The molecule has 0 aliphatic heterocycles. The van der Waals surface area contributed by atoms with Gasteiger partial charge in [0.05, 0.1) is 6.61 Å². The monoisotopic (exact) mass is 260 g/mol. The molecule has 1 unspecified atom stereocenters. The summed E-state index contributed by atoms with van der Waals surface area (Å²) in [5.41, 5.74) is 3.37. The summed E-state index contributed by atoms with van der Waals surface area (Å²) in [6.07, 6.45) is -1.17. The number of hydrogen-bond acceptors (Lipinski definition) is 4. The molecule has 1 atom stereocenters. The number of Topliss-reactive ketones (excluding diaryl/α,β-unsaturated/α-hetero) is 1. The maximum absolute atomic E-state index is 11.6. The van der Waals surface area contributed by atoms with Gasteiger partial charge in [-0.05, 0) is 19.4 Å². The Kier molecular flexibility index (Phi) is 5.24. The molecule has 0 radical (unpaired) electrons. The summed E-state index contributed by atoms with van der Waals surface area (Å²) in [6, 6.07) is 6.34. The van der Waals surface area contributed by atoms with Gasteiger partial charge in [-0.3, -0.25) is 4.79 Å². The van der Waals surface area contributed by atoms with Gasteiger partial charge in [-0.25, -0.2) is 4.79 Å². The second-order valence-corrected chi connectivity index (χ2v) is 3.89. The van der Waals surface area contributed by atoms with E-state index in [1.54, 1.807) is 31.2 Å². The molecule has 4 nitrogen and oxygen atoms in total. The highest BCUT2D eigenvalue weighted by atomic mass is 16.5. The SMILES string of the molecule is C=C=C(C(=O)OCC)C(O)c1ccc(C(C)=O)cc1. The van der Waals surface area contributed by atoms with Crippen LogP contribution in [0.25, 0.3) is 0 Å². The zero-order valence-electron chi connectivity index (χ0n) is 11.0. The van der Waals surface area contributed by atoms with Gasteiger partial charge >= 0.3 is 5.97 Å². The number of esters is 1. The van der Waals surface area contributed by atoms with Crippen molar-refractivity contribution < 1.29 is 19.4 Å². The van der Waals surface area contributed by atoms with Crippen LogP contribution in [-0.4, -0.2) is 23.5 Å². The summed E-state index contributed by atoms with van der Waals surface area (Å²) in [6.45, 7) is 6.72. The molecular formula is C15H16O4. The molecule has 0 amide bonds. The van der Waals surface area contributed by atoms with Gasteiger partial charge in [0.15, 0.2) is 5.78 Å². The van der Waals surface area contributed by atoms with E-state index in [1.165, 1.54) is 6.92 Å². The normalized spacial score (nSPS) is 11.3. The Morgan fingerprint density at radius 2 is 1.95 bits per heavy atom. The molecule has 4 heteroatoms. The molecule has 0 spiro atoms. The number of ketones is 1. The van der Waals surface area contributed by atoms with Crippen LogP contribution in [0, 0.1) is 0 Å². The second kappa shape index (κ2) is 6.69. The zero-order valence-corrected chi connectivity index (χ0v) is 11.0. The Hall–Kier alpha value is -2.16. The maximum Gasteiger partial charge on any atom is 0.344 e. The first-order valence-corrected chi connectivity index (χ1v) is 5.87. The zero-order chi connectivity index (χ0) is 14.4. The molecule has 0 aromatic heterocycles. The molecular weight excluding hydrogens is 244 g/mol. The number of aliphatic hydroxyl groups excluding tert-OH is 1. The largest absolute Gasteiger partial charge is 0.462 e. The molecule has 1 aromatic rings. The average Bonchev–Trinajstić information content (AvgIpc) is 2.39. The maximum atomic E-state index is 11.6. The van der Waals surface area contributed by atoms with Gasteiger partial charge in [-0.2, -0.15) is 0 Å². The lowest BCUT2D eigenvalue weighted by atomic mass is 10.00. The van der Waals surface area contributed by atoms with Crippen LogP contribution in [0.15, 0.2) is 42.1 Å². The number of hydrogen-bond donors (Lipinski definition) is 1. The summed E-state index contributed by atoms with van der Waals surface area (Å²) in [7, 11) is 0. The summed E-state index contributed by atoms with van der Waals surface area (Å²) in [5, 5.41) is 10.1. The van der Waals surface area contributed by atoms with Gasteiger partial charge in [0.2, 0.25) is 0 Å². The van der Waals surface area contributed by atoms with Crippen molar-refractivity contribution in [2.24, 2.45) is 0 Å². The van der Waals surface area contributed by atoms with E-state index in [0.29, 0.717) is 11.1 Å². The lowest BCUT2D eigenvalue weighted by Crippen LogP contribution is -2.14. The van der Waals surface area contributed by atoms with Crippen molar-refractivity contribution in [3.05, 3.63) is 53.3 Å². The van der Waals surface area contributed by atoms with Crippen molar-refractivity contribution in [1.29, 1.82) is 0 Å². The van der Waals surface area contributed by atoms with Gasteiger partial charge in [0.1, 0.15) is 11.7 Å². The third kappa shape index (κ3) is 3.65. The quantitative estimate of drug-likeness (QED) is 0.381. The third-order valence-corrected chi connectivity index (χ3v) is 2.59. The van der Waals surface area contributed by atoms with Crippen molar-refractivity contribution in [2.45, 2.75) is 20.0 Å². The van der Waals surface area contributed by atoms with Crippen LogP contribution in [0.1, 0.15) is 35.9 Å². The van der Waals surface area contributed by atoms with Crippen LogP contribution in [0.3, 0.4) is 0 Å². The van der Waals surface area contributed by atoms with Crippen LogP contribution in [0.5, 0.6) is 0 Å². The fourth-order valence-electron chi connectivity index (χ4n) is 1.56. The Bertz CT molecular complexity index is 522. The minimum absolute atomic E-state index is 0.0441. The van der Waals surface area contributed by atoms with E-state index < -0.39 is 12.1 Å². The second-order valence-electron chi connectivity index (χ2n) is 3.89. The number of carbonyl (C=O) groups excluding carboxylic acids is 2. The van der Waals surface area contributed by atoms with E-state index in [0.717, 1.165) is 0 Å². The van der Waals surface area contributed by atoms with Crippen LogP contribution >= 0.6 is 0 Å². The van der Waals surface area contributed by atoms with Crippen LogP contribution in [-0.2, 0) is 9.53 Å². The van der Waals surface area contributed by atoms with E-state index in [9.17, 15) is 14.7 Å². The number of rotatable bonds is 5. The van der Waals surface area contributed by atoms with Gasteiger partial charge in [-0.1, -0.05) is 30.8 Å². The first-order chi connectivity index (χ1) is 9.01. The van der Waals surface area contributed by atoms with E-state index in [4.69, 9.17) is 4.74 Å². The lowest BCUT2D eigenvalue weighted by Gasteiger charge is -2.12. The predicted octanol–water partition coefficient (Wildman–Crippen LogP) is 2.20. The Balaban J connectivity index is 2.98. The van der Waals surface area contributed by atoms with Crippen molar-refractivity contribution in [2.75, 3.05) is 6.61 Å². The van der Waals surface area contributed by atoms with Crippen molar-refractivity contribution in [1.82, 2.24) is 0 Å². The molecule has 0 fully saturated rings. The predicted molar refractivity (Wildman–Crippen MR) is 70.7 cm³/mol. The topological polar surface area (TPSA) is 63.6 Å². The molecule has 0 saturated carbocycles. The van der Waals surface area contributed by atoms with Gasteiger partial charge in [-0.15, -0.1) is 5.73 Å². The standard InChI is InChI=1S/C15H16O4/c1-4-13(15(18)19-5-2)14(17)12-8-6-11(7-9-12)10(3)16/h6-9,14,17H,1,5H2,2-3H3. The molecule has 1 aromatic carbocycles. The molecule has 1 rings (SSSR count). The highest BCUT2D eigenvalue weighted by Crippen LogP contribution is 2.22. The van der Waals surface area contributed by atoms with E-state index in [-0.39, 0.29) is 18.0 Å². The van der Waals surface area contributed by atoms with E-state index >= 15 is 0 Å². The molecule has 0 aliphatic carbocycles. The van der Waals surface area contributed by atoms with Crippen molar-refractivity contribution >= 4 is 11.8 Å². The number of benzene rings is 1. The number of ether oxygens (including phenoxy) is 1. The number of carbonyl (C=O) groups is 2. The van der Waals surface area contributed by atoms with Crippen molar-refractivity contribution in [3.63, 3.8) is 0 Å².